The molecule has 1 rings (SSSR count). The number of thiocarbonyl (C=S) groups is 1. The van der Waals surface area contributed by atoms with E-state index in [4.69, 9.17) is 5.73 Å². The van der Waals surface area contributed by atoms with Crippen LogP contribution in [-0.2, 0) is 0 Å². The summed E-state index contributed by atoms with van der Waals surface area (Å²) in [5, 5.41) is 2.94. The molecule has 0 bridgehead atoms. The third-order valence-electron chi connectivity index (χ3n) is 2.50. The summed E-state index contributed by atoms with van der Waals surface area (Å²) in [6.07, 6.45) is 2.88. The van der Waals surface area contributed by atoms with Gasteiger partial charge in [-0.3, -0.25) is 0 Å². The summed E-state index contributed by atoms with van der Waals surface area (Å²) in [7, 11) is 0. The van der Waals surface area contributed by atoms with E-state index in [-0.39, 0.29) is 22.3 Å². The van der Waals surface area contributed by atoms with Crippen LogP contribution in [0.5, 0.6) is 0 Å². The maximum Gasteiger partial charge on any atom is 0.182 e. The van der Waals surface area contributed by atoms with Crippen LogP contribution in [0.15, 0.2) is 12.1 Å². The standard InChI is InChI=1S/C12H16F2N2S2/c1-7(5-6-18-2)16-9-4-3-8(12(15)17)10(13)11(9)14/h3-4,7,16H,5-6H2,1-2H3,(H2,15,17). The fraction of sp³-hybridized carbons (Fsp3) is 0.417. The lowest BCUT2D eigenvalue weighted by molar-refractivity contribution is 0.508. The summed E-state index contributed by atoms with van der Waals surface area (Å²) in [5.41, 5.74) is 5.38. The maximum atomic E-state index is 13.7. The minimum Gasteiger partial charge on any atom is -0.389 e. The highest BCUT2D eigenvalue weighted by atomic mass is 32.2. The van der Waals surface area contributed by atoms with Gasteiger partial charge in [0.1, 0.15) is 4.99 Å². The molecule has 0 aromatic heterocycles. The first-order chi connectivity index (χ1) is 8.47. The fourth-order valence-corrected chi connectivity index (χ4v) is 2.23. The molecule has 6 heteroatoms. The van der Waals surface area contributed by atoms with Crippen molar-refractivity contribution in [1.29, 1.82) is 0 Å². The van der Waals surface area contributed by atoms with Crippen LogP contribution >= 0.6 is 24.0 Å². The normalized spacial score (nSPS) is 12.2. The molecular formula is C12H16F2N2S2. The minimum absolute atomic E-state index is 0.0650. The van der Waals surface area contributed by atoms with E-state index in [2.05, 4.69) is 17.5 Å². The van der Waals surface area contributed by atoms with Crippen molar-refractivity contribution >= 4 is 34.7 Å². The molecule has 1 unspecified atom stereocenters. The first kappa shape index (κ1) is 15.2. The summed E-state index contributed by atoms with van der Waals surface area (Å²) < 4.78 is 27.4. The summed E-state index contributed by atoms with van der Waals surface area (Å²) in [5.74, 6) is -0.968. The van der Waals surface area contributed by atoms with Crippen LogP contribution in [0.1, 0.15) is 18.9 Å². The van der Waals surface area contributed by atoms with Gasteiger partial charge in [0.2, 0.25) is 0 Å². The quantitative estimate of drug-likeness (QED) is 0.789. The predicted octanol–water partition coefficient (Wildman–Crippen LogP) is 3.15. The van der Waals surface area contributed by atoms with Gasteiger partial charge in [0, 0.05) is 11.6 Å². The SMILES string of the molecule is CSCCC(C)Nc1ccc(C(N)=S)c(F)c1F. The molecule has 18 heavy (non-hydrogen) atoms. The zero-order chi connectivity index (χ0) is 13.7. The molecule has 0 saturated heterocycles. The second-order valence-corrected chi connectivity index (χ2v) is 5.41. The molecule has 2 nitrogen and oxygen atoms in total. The third kappa shape index (κ3) is 3.81. The molecule has 1 atom stereocenters. The summed E-state index contributed by atoms with van der Waals surface area (Å²) in [6, 6.07) is 2.93. The average Bonchev–Trinajstić information content (AvgIpc) is 2.32. The molecule has 0 radical (unpaired) electrons. The highest BCUT2D eigenvalue weighted by Gasteiger charge is 2.15. The second kappa shape index (κ2) is 6.89. The van der Waals surface area contributed by atoms with Crippen molar-refractivity contribution < 1.29 is 8.78 Å². The Bertz CT molecular complexity index is 438. The van der Waals surface area contributed by atoms with E-state index in [9.17, 15) is 8.78 Å². The van der Waals surface area contributed by atoms with E-state index in [1.807, 2.05) is 13.2 Å². The van der Waals surface area contributed by atoms with Crippen molar-refractivity contribution in [2.45, 2.75) is 19.4 Å². The molecular weight excluding hydrogens is 274 g/mol. The lowest BCUT2D eigenvalue weighted by atomic mass is 10.1. The summed E-state index contributed by atoms with van der Waals surface area (Å²) >= 11 is 6.36. The Morgan fingerprint density at radius 1 is 1.44 bits per heavy atom. The van der Waals surface area contributed by atoms with Crippen molar-refractivity contribution in [3.8, 4) is 0 Å². The zero-order valence-corrected chi connectivity index (χ0v) is 11.9. The molecule has 0 saturated carbocycles. The second-order valence-electron chi connectivity index (χ2n) is 3.98. The van der Waals surface area contributed by atoms with Crippen LogP contribution in [-0.4, -0.2) is 23.0 Å². The highest BCUT2D eigenvalue weighted by Crippen LogP contribution is 2.22. The van der Waals surface area contributed by atoms with Crippen LogP contribution in [0, 0.1) is 11.6 Å². The molecule has 3 N–H and O–H groups in total. The topological polar surface area (TPSA) is 38.0 Å². The highest BCUT2D eigenvalue weighted by molar-refractivity contribution is 7.98. The van der Waals surface area contributed by atoms with Gasteiger partial charge >= 0.3 is 0 Å². The number of anilines is 1. The van der Waals surface area contributed by atoms with Gasteiger partial charge in [-0.2, -0.15) is 11.8 Å². The lowest BCUT2D eigenvalue weighted by Crippen LogP contribution is -2.19. The number of nitrogens with two attached hydrogens (primary N) is 1. The van der Waals surface area contributed by atoms with Gasteiger partial charge in [-0.15, -0.1) is 0 Å². The van der Waals surface area contributed by atoms with E-state index in [1.54, 1.807) is 11.8 Å². The Morgan fingerprint density at radius 2 is 2.11 bits per heavy atom. The van der Waals surface area contributed by atoms with Gasteiger partial charge in [0.15, 0.2) is 11.6 Å². The smallest absolute Gasteiger partial charge is 0.182 e. The van der Waals surface area contributed by atoms with Crippen molar-refractivity contribution in [3.63, 3.8) is 0 Å². The first-order valence-electron chi connectivity index (χ1n) is 5.50. The molecule has 0 aliphatic carbocycles. The molecule has 0 aliphatic heterocycles. The first-order valence-corrected chi connectivity index (χ1v) is 7.30. The van der Waals surface area contributed by atoms with Gasteiger partial charge < -0.3 is 11.1 Å². The number of halogens is 2. The van der Waals surface area contributed by atoms with Crippen molar-refractivity contribution in [3.05, 3.63) is 29.3 Å². The molecule has 100 valence electrons. The lowest BCUT2D eigenvalue weighted by Gasteiger charge is -2.16. The minimum atomic E-state index is -0.996. The molecule has 0 aliphatic rings. The van der Waals surface area contributed by atoms with Gasteiger partial charge in [-0.25, -0.2) is 8.78 Å². The van der Waals surface area contributed by atoms with Gasteiger partial charge in [-0.1, -0.05) is 12.2 Å². The number of benzene rings is 1. The fourth-order valence-electron chi connectivity index (χ4n) is 1.48. The molecule has 0 amide bonds. The monoisotopic (exact) mass is 290 g/mol. The Morgan fingerprint density at radius 3 is 2.67 bits per heavy atom. The Hall–Kier alpha value is -0.880. The van der Waals surface area contributed by atoms with Gasteiger partial charge in [0.25, 0.3) is 0 Å². The molecule has 1 aromatic carbocycles. The van der Waals surface area contributed by atoms with Gasteiger partial charge in [0.05, 0.1) is 5.69 Å². The maximum absolute atomic E-state index is 13.7. The van der Waals surface area contributed by atoms with E-state index >= 15 is 0 Å². The molecule has 0 fully saturated rings. The van der Waals surface area contributed by atoms with E-state index < -0.39 is 11.6 Å². The van der Waals surface area contributed by atoms with Crippen LogP contribution in [0.2, 0.25) is 0 Å². The summed E-state index contributed by atoms with van der Waals surface area (Å²) in [6.45, 7) is 1.93. The van der Waals surface area contributed by atoms with E-state index in [1.165, 1.54) is 12.1 Å². The van der Waals surface area contributed by atoms with Crippen LogP contribution in [0.4, 0.5) is 14.5 Å². The van der Waals surface area contributed by atoms with E-state index in [0.717, 1.165) is 12.2 Å². The van der Waals surface area contributed by atoms with E-state index in [0.29, 0.717) is 0 Å². The van der Waals surface area contributed by atoms with Crippen LogP contribution in [0.25, 0.3) is 0 Å². The van der Waals surface area contributed by atoms with Crippen molar-refractivity contribution in [2.75, 3.05) is 17.3 Å². The third-order valence-corrected chi connectivity index (χ3v) is 3.37. The van der Waals surface area contributed by atoms with Crippen molar-refractivity contribution in [1.82, 2.24) is 0 Å². The number of nitrogens with one attached hydrogen (secondary N) is 1. The predicted molar refractivity (Wildman–Crippen MR) is 78.3 cm³/mol. The van der Waals surface area contributed by atoms with Crippen LogP contribution < -0.4 is 11.1 Å². The average molecular weight is 290 g/mol. The zero-order valence-electron chi connectivity index (χ0n) is 10.3. The number of thioether (sulfide) groups is 1. The Balaban J connectivity index is 2.85. The Kier molecular flexibility index (Phi) is 5.81. The van der Waals surface area contributed by atoms with Crippen molar-refractivity contribution in [2.24, 2.45) is 5.73 Å². The largest absolute Gasteiger partial charge is 0.389 e. The van der Waals surface area contributed by atoms with Crippen LogP contribution in [0.3, 0.4) is 0 Å². The Labute approximate surface area is 115 Å². The van der Waals surface area contributed by atoms with Gasteiger partial charge in [-0.05, 0) is 37.5 Å². The molecule has 0 heterocycles. The molecule has 1 aromatic rings. The number of hydrogen-bond acceptors (Lipinski definition) is 3. The number of hydrogen-bond donors (Lipinski definition) is 2. The number of rotatable bonds is 6. The molecule has 0 spiro atoms. The summed E-state index contributed by atoms with van der Waals surface area (Å²) in [4.78, 5) is -0.145.